The van der Waals surface area contributed by atoms with Crippen molar-refractivity contribution in [1.29, 1.82) is 0 Å². The van der Waals surface area contributed by atoms with Crippen LogP contribution in [0.4, 0.5) is 0 Å². The number of hydrogen-bond acceptors (Lipinski definition) is 6. The molecule has 0 aliphatic heterocycles. The second-order valence-corrected chi connectivity index (χ2v) is 7.23. The summed E-state index contributed by atoms with van der Waals surface area (Å²) in [5.74, 6) is -0.197. The highest BCUT2D eigenvalue weighted by molar-refractivity contribution is 7.10. The average molecular weight is 402 g/mol. The fourth-order valence-corrected chi connectivity index (χ4v) is 3.52. The minimum absolute atomic E-state index is 0.194. The van der Waals surface area contributed by atoms with Gasteiger partial charge in [0.1, 0.15) is 17.7 Å². The Bertz CT molecular complexity index is 1120. The zero-order valence-corrected chi connectivity index (χ0v) is 16.5. The summed E-state index contributed by atoms with van der Waals surface area (Å²) in [5.41, 5.74) is 7.06. The Morgan fingerprint density at radius 3 is 2.66 bits per heavy atom. The molecule has 0 saturated heterocycles. The van der Waals surface area contributed by atoms with Crippen LogP contribution in [0.5, 0.6) is 0 Å². The number of benzene rings is 2. The molecule has 2 aromatic heterocycles. The van der Waals surface area contributed by atoms with Gasteiger partial charge in [-0.25, -0.2) is 20.1 Å². The number of carbonyl (C=O) groups is 1. The second kappa shape index (κ2) is 8.57. The SMILES string of the molecule is C/C(=N/NC(=O)Cc1nc(-c2ccccc2)cs1)c1ccc(-n2cncn2)cc1. The van der Waals surface area contributed by atoms with E-state index in [0.717, 1.165) is 27.5 Å². The van der Waals surface area contributed by atoms with E-state index in [1.165, 1.54) is 17.7 Å². The van der Waals surface area contributed by atoms with Crippen molar-refractivity contribution in [3.8, 4) is 16.9 Å². The van der Waals surface area contributed by atoms with Crippen molar-refractivity contribution in [3.63, 3.8) is 0 Å². The van der Waals surface area contributed by atoms with Crippen molar-refractivity contribution in [2.45, 2.75) is 13.3 Å². The second-order valence-electron chi connectivity index (χ2n) is 6.29. The Hall–Kier alpha value is -3.65. The number of amides is 1. The molecule has 29 heavy (non-hydrogen) atoms. The highest BCUT2D eigenvalue weighted by atomic mass is 32.1. The van der Waals surface area contributed by atoms with Crippen LogP contribution in [0.2, 0.25) is 0 Å². The summed E-state index contributed by atoms with van der Waals surface area (Å²) in [6, 6.07) is 17.6. The van der Waals surface area contributed by atoms with Gasteiger partial charge in [-0.2, -0.15) is 10.2 Å². The van der Waals surface area contributed by atoms with E-state index in [1.54, 1.807) is 11.0 Å². The highest BCUT2D eigenvalue weighted by Gasteiger charge is 2.09. The molecule has 0 saturated carbocycles. The van der Waals surface area contributed by atoms with Crippen molar-refractivity contribution in [2.75, 3.05) is 0 Å². The highest BCUT2D eigenvalue weighted by Crippen LogP contribution is 2.21. The van der Waals surface area contributed by atoms with E-state index in [4.69, 9.17) is 0 Å². The first-order chi connectivity index (χ1) is 14.2. The summed E-state index contributed by atoms with van der Waals surface area (Å²) >= 11 is 1.47. The van der Waals surface area contributed by atoms with Crippen molar-refractivity contribution in [3.05, 3.63) is 83.2 Å². The standard InChI is InChI=1S/C21H18N6OS/c1-15(16-7-9-18(10-8-16)27-14-22-13-23-27)25-26-20(28)11-21-24-19(12-29-21)17-5-3-2-4-6-17/h2-10,12-14H,11H2,1H3,(H,26,28)/b25-15-. The third kappa shape index (κ3) is 4.61. The average Bonchev–Trinajstić information content (AvgIpc) is 3.45. The molecule has 1 amide bonds. The molecule has 0 aliphatic rings. The molecule has 0 radical (unpaired) electrons. The van der Waals surface area contributed by atoms with Gasteiger partial charge in [0.2, 0.25) is 5.91 Å². The van der Waals surface area contributed by atoms with Gasteiger partial charge < -0.3 is 0 Å². The lowest BCUT2D eigenvalue weighted by Gasteiger charge is -2.04. The first-order valence-corrected chi connectivity index (χ1v) is 9.85. The summed E-state index contributed by atoms with van der Waals surface area (Å²) in [6.07, 6.45) is 3.32. The number of aromatic nitrogens is 4. The Balaban J connectivity index is 1.36. The number of hydrogen-bond donors (Lipinski definition) is 1. The van der Waals surface area contributed by atoms with E-state index < -0.39 is 0 Å². The van der Waals surface area contributed by atoms with E-state index in [1.807, 2.05) is 66.9 Å². The minimum atomic E-state index is -0.197. The number of nitrogens with zero attached hydrogens (tertiary/aromatic N) is 5. The Morgan fingerprint density at radius 2 is 1.93 bits per heavy atom. The quantitative estimate of drug-likeness (QED) is 0.395. The van der Waals surface area contributed by atoms with Gasteiger partial charge in [0.25, 0.3) is 0 Å². The van der Waals surface area contributed by atoms with Crippen molar-refractivity contribution >= 4 is 23.0 Å². The summed E-state index contributed by atoms with van der Waals surface area (Å²) in [6.45, 7) is 1.85. The van der Waals surface area contributed by atoms with Crippen LogP contribution in [-0.2, 0) is 11.2 Å². The number of hydrazone groups is 1. The molecule has 4 rings (SSSR count). The molecule has 0 fully saturated rings. The Kier molecular flexibility index (Phi) is 5.53. The lowest BCUT2D eigenvalue weighted by atomic mass is 10.1. The van der Waals surface area contributed by atoms with Crippen LogP contribution in [0.25, 0.3) is 16.9 Å². The molecule has 1 N–H and O–H groups in total. The van der Waals surface area contributed by atoms with Crippen LogP contribution in [0.15, 0.2) is 77.7 Å². The number of thiazole rings is 1. The van der Waals surface area contributed by atoms with Crippen molar-refractivity contribution in [2.24, 2.45) is 5.10 Å². The molecule has 4 aromatic rings. The largest absolute Gasteiger partial charge is 0.273 e. The molecule has 0 spiro atoms. The molecule has 0 unspecified atom stereocenters. The molecule has 0 bridgehead atoms. The smallest absolute Gasteiger partial charge is 0.246 e. The first kappa shape index (κ1) is 18.7. The first-order valence-electron chi connectivity index (χ1n) is 8.97. The van der Waals surface area contributed by atoms with E-state index >= 15 is 0 Å². The Morgan fingerprint density at radius 1 is 1.14 bits per heavy atom. The van der Waals surface area contributed by atoms with E-state index in [9.17, 15) is 4.79 Å². The lowest BCUT2D eigenvalue weighted by molar-refractivity contribution is -0.120. The summed E-state index contributed by atoms with van der Waals surface area (Å²) in [5, 5.41) is 11.0. The fraction of sp³-hybridized carbons (Fsp3) is 0.0952. The minimum Gasteiger partial charge on any atom is -0.273 e. The molecular formula is C21H18N6OS. The van der Waals surface area contributed by atoms with Gasteiger partial charge in [0, 0.05) is 10.9 Å². The van der Waals surface area contributed by atoms with Crippen LogP contribution < -0.4 is 5.43 Å². The normalized spacial score (nSPS) is 11.4. The number of carbonyl (C=O) groups excluding carboxylic acids is 1. The molecule has 144 valence electrons. The van der Waals surface area contributed by atoms with Crippen LogP contribution in [0, 0.1) is 0 Å². The fourth-order valence-electron chi connectivity index (χ4n) is 2.72. The van der Waals surface area contributed by atoms with Crippen LogP contribution in [-0.4, -0.2) is 31.4 Å². The molecular weight excluding hydrogens is 384 g/mol. The van der Waals surface area contributed by atoms with Gasteiger partial charge in [-0.05, 0) is 24.6 Å². The van der Waals surface area contributed by atoms with Crippen LogP contribution in [0.1, 0.15) is 17.5 Å². The molecule has 0 aliphatic carbocycles. The van der Waals surface area contributed by atoms with Gasteiger partial charge in [-0.15, -0.1) is 11.3 Å². The molecule has 8 heteroatoms. The lowest BCUT2D eigenvalue weighted by Crippen LogP contribution is -2.21. The topological polar surface area (TPSA) is 85.1 Å². The van der Waals surface area contributed by atoms with Gasteiger partial charge in [0.05, 0.1) is 23.5 Å². The molecule has 7 nitrogen and oxygen atoms in total. The maximum Gasteiger partial charge on any atom is 0.246 e. The van der Waals surface area contributed by atoms with Crippen LogP contribution >= 0.6 is 11.3 Å². The zero-order valence-electron chi connectivity index (χ0n) is 15.7. The zero-order chi connectivity index (χ0) is 20.1. The van der Waals surface area contributed by atoms with E-state index in [0.29, 0.717) is 5.71 Å². The van der Waals surface area contributed by atoms with Gasteiger partial charge in [0.15, 0.2) is 0 Å². The summed E-state index contributed by atoms with van der Waals surface area (Å²) in [7, 11) is 0. The molecule has 2 heterocycles. The predicted octanol–water partition coefficient (Wildman–Crippen LogP) is 3.47. The van der Waals surface area contributed by atoms with E-state index in [2.05, 4.69) is 25.6 Å². The van der Waals surface area contributed by atoms with Gasteiger partial charge in [-0.1, -0.05) is 42.5 Å². The number of rotatable bonds is 6. The third-order valence-electron chi connectivity index (χ3n) is 4.25. The summed E-state index contributed by atoms with van der Waals surface area (Å²) in [4.78, 5) is 20.7. The Labute approximate surface area is 171 Å². The molecule has 2 aromatic carbocycles. The van der Waals surface area contributed by atoms with E-state index in [-0.39, 0.29) is 12.3 Å². The number of nitrogens with one attached hydrogen (secondary N) is 1. The van der Waals surface area contributed by atoms with Crippen molar-refractivity contribution < 1.29 is 4.79 Å². The maximum atomic E-state index is 12.2. The van der Waals surface area contributed by atoms with Crippen molar-refractivity contribution in [1.82, 2.24) is 25.2 Å². The monoisotopic (exact) mass is 402 g/mol. The van der Waals surface area contributed by atoms with Crippen LogP contribution in [0.3, 0.4) is 0 Å². The third-order valence-corrected chi connectivity index (χ3v) is 5.10. The summed E-state index contributed by atoms with van der Waals surface area (Å²) < 4.78 is 1.68. The maximum absolute atomic E-state index is 12.2. The predicted molar refractivity (Wildman–Crippen MR) is 113 cm³/mol. The van der Waals surface area contributed by atoms with Gasteiger partial charge >= 0.3 is 0 Å². The molecule has 0 atom stereocenters. The van der Waals surface area contributed by atoms with Gasteiger partial charge in [-0.3, -0.25) is 4.79 Å².